The topological polar surface area (TPSA) is 47.9 Å². The van der Waals surface area contributed by atoms with Crippen molar-refractivity contribution in [2.75, 3.05) is 7.11 Å². The normalized spacial score (nSPS) is 10.2. The van der Waals surface area contributed by atoms with Crippen LogP contribution in [-0.4, -0.2) is 22.1 Å². The summed E-state index contributed by atoms with van der Waals surface area (Å²) < 4.78 is 5.36. The van der Waals surface area contributed by atoms with Crippen LogP contribution in [0.15, 0.2) is 61.2 Å². The molecule has 0 bridgehead atoms. The highest BCUT2D eigenvalue weighted by atomic mass is 16.5. The van der Waals surface area contributed by atoms with E-state index in [4.69, 9.17) is 4.74 Å². The van der Waals surface area contributed by atoms with Gasteiger partial charge < -0.3 is 4.74 Å². The highest BCUT2D eigenvalue weighted by Gasteiger charge is 2.07. The van der Waals surface area contributed by atoms with Gasteiger partial charge in [-0.05, 0) is 24.3 Å². The van der Waals surface area contributed by atoms with E-state index in [2.05, 4.69) is 15.0 Å². The number of methoxy groups -OCH3 is 1. The molecule has 0 aliphatic carbocycles. The molecule has 0 saturated carbocycles. The van der Waals surface area contributed by atoms with Crippen LogP contribution in [0.4, 0.5) is 0 Å². The molecule has 4 heteroatoms. The standard InChI is InChI=1S/C16H13N3O/c1-20-14-8-15(12-4-2-6-17-10-12)19-16(9-14)13-5-3-7-18-11-13/h2-11H,1H3. The molecule has 20 heavy (non-hydrogen) atoms. The summed E-state index contributed by atoms with van der Waals surface area (Å²) in [7, 11) is 1.65. The van der Waals surface area contributed by atoms with Gasteiger partial charge in [0.2, 0.25) is 0 Å². The predicted octanol–water partition coefficient (Wildman–Crippen LogP) is 3.21. The first-order chi connectivity index (χ1) is 9.86. The van der Waals surface area contributed by atoms with Crippen molar-refractivity contribution in [3.8, 4) is 28.3 Å². The van der Waals surface area contributed by atoms with Crippen LogP contribution in [-0.2, 0) is 0 Å². The van der Waals surface area contributed by atoms with E-state index in [0.717, 1.165) is 28.3 Å². The Hall–Kier alpha value is -2.75. The zero-order valence-electron chi connectivity index (χ0n) is 11.0. The Morgan fingerprint density at radius 3 is 1.80 bits per heavy atom. The van der Waals surface area contributed by atoms with E-state index in [0.29, 0.717) is 0 Å². The number of ether oxygens (including phenoxy) is 1. The van der Waals surface area contributed by atoms with Crippen LogP contribution >= 0.6 is 0 Å². The van der Waals surface area contributed by atoms with Crippen molar-refractivity contribution in [1.82, 2.24) is 15.0 Å². The fourth-order valence-electron chi connectivity index (χ4n) is 1.95. The maximum absolute atomic E-state index is 5.36. The highest BCUT2D eigenvalue weighted by molar-refractivity contribution is 5.67. The third-order valence-electron chi connectivity index (χ3n) is 2.95. The third-order valence-corrected chi connectivity index (χ3v) is 2.95. The summed E-state index contributed by atoms with van der Waals surface area (Å²) in [5, 5.41) is 0. The molecule has 98 valence electrons. The van der Waals surface area contributed by atoms with E-state index in [1.807, 2.05) is 36.4 Å². The van der Waals surface area contributed by atoms with Crippen LogP contribution in [0, 0.1) is 0 Å². The van der Waals surface area contributed by atoms with Gasteiger partial charge in [-0.2, -0.15) is 0 Å². The lowest BCUT2D eigenvalue weighted by Crippen LogP contribution is -1.92. The molecular weight excluding hydrogens is 250 g/mol. The Labute approximate surface area is 117 Å². The summed E-state index contributed by atoms with van der Waals surface area (Å²) in [4.78, 5) is 12.9. The molecular formula is C16H13N3O. The van der Waals surface area contributed by atoms with Gasteiger partial charge in [0, 0.05) is 48.0 Å². The Morgan fingerprint density at radius 1 is 0.850 bits per heavy atom. The largest absolute Gasteiger partial charge is 0.497 e. The lowest BCUT2D eigenvalue weighted by atomic mass is 10.1. The number of rotatable bonds is 3. The highest BCUT2D eigenvalue weighted by Crippen LogP contribution is 2.27. The second-order valence-electron chi connectivity index (χ2n) is 4.26. The molecule has 0 aliphatic heterocycles. The molecule has 0 radical (unpaired) electrons. The molecule has 0 amide bonds. The summed E-state index contributed by atoms with van der Waals surface area (Å²) in [6, 6.07) is 11.5. The minimum absolute atomic E-state index is 0.762. The fraction of sp³-hybridized carbons (Fsp3) is 0.0625. The van der Waals surface area contributed by atoms with Crippen molar-refractivity contribution in [1.29, 1.82) is 0 Å². The van der Waals surface area contributed by atoms with E-state index < -0.39 is 0 Å². The summed E-state index contributed by atoms with van der Waals surface area (Å²) in [6.45, 7) is 0. The molecule has 3 aromatic heterocycles. The minimum atomic E-state index is 0.762. The van der Waals surface area contributed by atoms with Crippen molar-refractivity contribution in [2.45, 2.75) is 0 Å². The van der Waals surface area contributed by atoms with Gasteiger partial charge >= 0.3 is 0 Å². The van der Waals surface area contributed by atoms with Crippen LogP contribution in [0.2, 0.25) is 0 Å². The second-order valence-corrected chi connectivity index (χ2v) is 4.26. The minimum Gasteiger partial charge on any atom is -0.497 e. The number of hydrogen-bond acceptors (Lipinski definition) is 4. The SMILES string of the molecule is COc1cc(-c2cccnc2)nc(-c2cccnc2)c1. The zero-order chi connectivity index (χ0) is 13.8. The van der Waals surface area contributed by atoms with Crippen LogP contribution in [0.25, 0.3) is 22.5 Å². The molecule has 3 heterocycles. The van der Waals surface area contributed by atoms with Crippen LogP contribution in [0.1, 0.15) is 0 Å². The Kier molecular flexibility index (Phi) is 3.37. The van der Waals surface area contributed by atoms with E-state index >= 15 is 0 Å². The summed E-state index contributed by atoms with van der Waals surface area (Å²) in [6.07, 6.45) is 7.06. The van der Waals surface area contributed by atoms with Gasteiger partial charge in [-0.15, -0.1) is 0 Å². The fourth-order valence-corrected chi connectivity index (χ4v) is 1.95. The molecule has 3 aromatic rings. The maximum Gasteiger partial charge on any atom is 0.123 e. The molecule has 0 fully saturated rings. The lowest BCUT2D eigenvalue weighted by molar-refractivity contribution is 0.414. The first kappa shape index (κ1) is 12.3. The van der Waals surface area contributed by atoms with Crippen molar-refractivity contribution >= 4 is 0 Å². The second kappa shape index (κ2) is 5.48. The average Bonchev–Trinajstić information content (AvgIpc) is 2.56. The Bertz CT molecular complexity index is 642. The van der Waals surface area contributed by atoms with Gasteiger partial charge in [0.05, 0.1) is 18.5 Å². The van der Waals surface area contributed by atoms with Gasteiger partial charge in [-0.3, -0.25) is 9.97 Å². The molecule has 3 rings (SSSR count). The van der Waals surface area contributed by atoms with E-state index in [1.54, 1.807) is 31.9 Å². The molecule has 0 spiro atoms. The van der Waals surface area contributed by atoms with Gasteiger partial charge in [-0.1, -0.05) is 0 Å². The summed E-state index contributed by atoms with van der Waals surface area (Å²) in [5.41, 5.74) is 3.57. The summed E-state index contributed by atoms with van der Waals surface area (Å²) >= 11 is 0. The molecule has 0 aromatic carbocycles. The molecule has 0 aliphatic rings. The van der Waals surface area contributed by atoms with Crippen molar-refractivity contribution in [3.63, 3.8) is 0 Å². The van der Waals surface area contributed by atoms with Gasteiger partial charge in [0.25, 0.3) is 0 Å². The van der Waals surface area contributed by atoms with Gasteiger partial charge in [-0.25, -0.2) is 4.98 Å². The van der Waals surface area contributed by atoms with Crippen molar-refractivity contribution < 1.29 is 4.74 Å². The molecule has 0 N–H and O–H groups in total. The zero-order valence-corrected chi connectivity index (χ0v) is 11.0. The third kappa shape index (κ3) is 2.49. The van der Waals surface area contributed by atoms with E-state index in [-0.39, 0.29) is 0 Å². The lowest BCUT2D eigenvalue weighted by Gasteiger charge is -2.08. The number of nitrogens with zero attached hydrogens (tertiary/aromatic N) is 3. The molecule has 0 unspecified atom stereocenters. The molecule has 0 saturated heterocycles. The number of aromatic nitrogens is 3. The van der Waals surface area contributed by atoms with Crippen LogP contribution in [0.3, 0.4) is 0 Å². The number of pyridine rings is 3. The summed E-state index contributed by atoms with van der Waals surface area (Å²) in [5.74, 6) is 0.762. The Morgan fingerprint density at radius 2 is 1.40 bits per heavy atom. The van der Waals surface area contributed by atoms with E-state index in [1.165, 1.54) is 0 Å². The first-order valence-corrected chi connectivity index (χ1v) is 6.24. The smallest absolute Gasteiger partial charge is 0.123 e. The monoisotopic (exact) mass is 263 g/mol. The first-order valence-electron chi connectivity index (χ1n) is 6.24. The van der Waals surface area contributed by atoms with Gasteiger partial charge in [0.1, 0.15) is 5.75 Å². The number of hydrogen-bond donors (Lipinski definition) is 0. The maximum atomic E-state index is 5.36. The van der Waals surface area contributed by atoms with Crippen LogP contribution in [0.5, 0.6) is 5.75 Å². The molecule has 4 nitrogen and oxygen atoms in total. The predicted molar refractivity (Wildman–Crippen MR) is 77.3 cm³/mol. The van der Waals surface area contributed by atoms with Gasteiger partial charge in [0.15, 0.2) is 0 Å². The van der Waals surface area contributed by atoms with Crippen molar-refractivity contribution in [3.05, 3.63) is 61.2 Å². The Balaban J connectivity index is 2.13. The van der Waals surface area contributed by atoms with Crippen molar-refractivity contribution in [2.24, 2.45) is 0 Å². The van der Waals surface area contributed by atoms with Crippen LogP contribution < -0.4 is 4.74 Å². The molecule has 0 atom stereocenters. The van der Waals surface area contributed by atoms with E-state index in [9.17, 15) is 0 Å². The quantitative estimate of drug-likeness (QED) is 0.728. The average molecular weight is 263 g/mol.